The summed E-state index contributed by atoms with van der Waals surface area (Å²) in [6.45, 7) is 1.52. The summed E-state index contributed by atoms with van der Waals surface area (Å²) in [4.78, 5) is 11.8. The fourth-order valence-electron chi connectivity index (χ4n) is 3.77. The maximum Gasteiger partial charge on any atom is 0.303 e. The lowest BCUT2D eigenvalue weighted by molar-refractivity contribution is -0.165. The molecule has 1 aliphatic rings. The van der Waals surface area contributed by atoms with E-state index in [1.165, 1.54) is 18.9 Å². The number of rotatable bonds is 3. The Kier molecular flexibility index (Phi) is 4.28. The molecule has 0 bridgehead atoms. The normalized spacial score (nSPS) is 24.7. The molecule has 0 amide bonds. The van der Waals surface area contributed by atoms with Gasteiger partial charge in [0.2, 0.25) is 0 Å². The minimum absolute atomic E-state index is 0.202. The SMILES string of the molecule is CC(=O)OC1(c2ccccc2)CCCCC1c1ccccc1. The van der Waals surface area contributed by atoms with Crippen LogP contribution in [-0.2, 0) is 15.1 Å². The highest BCUT2D eigenvalue weighted by Crippen LogP contribution is 2.50. The molecule has 0 spiro atoms. The number of esters is 1. The van der Waals surface area contributed by atoms with Crippen molar-refractivity contribution in [3.05, 3.63) is 71.8 Å². The third kappa shape index (κ3) is 2.78. The Bertz CT molecular complexity index is 621. The number of hydrogen-bond acceptors (Lipinski definition) is 2. The first kappa shape index (κ1) is 14.8. The highest BCUT2D eigenvalue weighted by molar-refractivity contribution is 5.67. The van der Waals surface area contributed by atoms with Crippen molar-refractivity contribution in [1.82, 2.24) is 0 Å². The summed E-state index contributed by atoms with van der Waals surface area (Å²) in [5.41, 5.74) is 1.83. The maximum absolute atomic E-state index is 11.8. The van der Waals surface area contributed by atoms with Crippen LogP contribution < -0.4 is 0 Å². The molecule has 0 saturated heterocycles. The van der Waals surface area contributed by atoms with E-state index in [1.807, 2.05) is 24.3 Å². The summed E-state index contributed by atoms with van der Waals surface area (Å²) in [5, 5.41) is 0. The van der Waals surface area contributed by atoms with Gasteiger partial charge in [-0.1, -0.05) is 67.1 Å². The van der Waals surface area contributed by atoms with E-state index in [0.717, 1.165) is 24.8 Å². The van der Waals surface area contributed by atoms with Crippen LogP contribution in [0.5, 0.6) is 0 Å². The van der Waals surface area contributed by atoms with Crippen LogP contribution in [-0.4, -0.2) is 5.97 Å². The average molecular weight is 294 g/mol. The third-order valence-electron chi connectivity index (χ3n) is 4.64. The van der Waals surface area contributed by atoms with Gasteiger partial charge < -0.3 is 4.74 Å². The molecule has 2 aromatic rings. The van der Waals surface area contributed by atoms with Gasteiger partial charge in [-0.25, -0.2) is 0 Å². The van der Waals surface area contributed by atoms with Gasteiger partial charge in [0.25, 0.3) is 0 Å². The Labute approximate surface area is 132 Å². The van der Waals surface area contributed by atoms with Gasteiger partial charge in [0.1, 0.15) is 5.60 Å². The molecule has 1 fully saturated rings. The average Bonchev–Trinajstić information content (AvgIpc) is 2.56. The van der Waals surface area contributed by atoms with Crippen LogP contribution in [0.25, 0.3) is 0 Å². The van der Waals surface area contributed by atoms with Crippen molar-refractivity contribution in [1.29, 1.82) is 0 Å². The van der Waals surface area contributed by atoms with Crippen LogP contribution in [0.2, 0.25) is 0 Å². The van der Waals surface area contributed by atoms with E-state index >= 15 is 0 Å². The van der Waals surface area contributed by atoms with Crippen LogP contribution >= 0.6 is 0 Å². The predicted molar refractivity (Wildman–Crippen MR) is 87.5 cm³/mol. The summed E-state index contributed by atoms with van der Waals surface area (Å²) in [6, 6.07) is 20.7. The van der Waals surface area contributed by atoms with Gasteiger partial charge in [-0.15, -0.1) is 0 Å². The highest BCUT2D eigenvalue weighted by Gasteiger charge is 2.45. The second-order valence-corrected chi connectivity index (χ2v) is 6.06. The molecular formula is C20H22O2. The van der Waals surface area contributed by atoms with E-state index in [1.54, 1.807) is 0 Å². The molecule has 1 aliphatic carbocycles. The smallest absolute Gasteiger partial charge is 0.303 e. The van der Waals surface area contributed by atoms with E-state index < -0.39 is 5.60 Å². The van der Waals surface area contributed by atoms with E-state index in [0.29, 0.717) is 0 Å². The van der Waals surface area contributed by atoms with Crippen molar-refractivity contribution in [2.24, 2.45) is 0 Å². The molecule has 22 heavy (non-hydrogen) atoms. The van der Waals surface area contributed by atoms with Crippen LogP contribution in [0.15, 0.2) is 60.7 Å². The molecule has 0 heterocycles. The van der Waals surface area contributed by atoms with Gasteiger partial charge in [0.15, 0.2) is 0 Å². The van der Waals surface area contributed by atoms with E-state index in [-0.39, 0.29) is 11.9 Å². The van der Waals surface area contributed by atoms with E-state index in [4.69, 9.17) is 4.74 Å². The molecule has 2 aromatic carbocycles. The summed E-state index contributed by atoms with van der Waals surface area (Å²) in [6.07, 6.45) is 4.20. The zero-order valence-electron chi connectivity index (χ0n) is 13.0. The molecule has 0 radical (unpaired) electrons. The molecule has 3 rings (SSSR count). The van der Waals surface area contributed by atoms with Gasteiger partial charge in [-0.2, -0.15) is 0 Å². The number of hydrogen-bond donors (Lipinski definition) is 0. The fraction of sp³-hybridized carbons (Fsp3) is 0.350. The summed E-state index contributed by atoms with van der Waals surface area (Å²) in [7, 11) is 0. The molecule has 1 saturated carbocycles. The highest BCUT2D eigenvalue weighted by atomic mass is 16.6. The second kappa shape index (κ2) is 6.35. The first-order valence-corrected chi connectivity index (χ1v) is 8.02. The molecule has 2 nitrogen and oxygen atoms in total. The Hall–Kier alpha value is -2.09. The summed E-state index contributed by atoms with van der Waals surface area (Å²) < 4.78 is 5.99. The molecule has 2 unspecified atom stereocenters. The van der Waals surface area contributed by atoms with Crippen LogP contribution in [0, 0.1) is 0 Å². The van der Waals surface area contributed by atoms with Gasteiger partial charge in [-0.05, 0) is 30.4 Å². The predicted octanol–water partition coefficient (Wildman–Crippen LogP) is 4.80. The Morgan fingerprint density at radius 1 is 1.00 bits per heavy atom. The Morgan fingerprint density at radius 2 is 1.64 bits per heavy atom. The van der Waals surface area contributed by atoms with Gasteiger partial charge in [0.05, 0.1) is 0 Å². The Morgan fingerprint density at radius 3 is 2.27 bits per heavy atom. The van der Waals surface area contributed by atoms with Crippen molar-refractivity contribution in [2.45, 2.75) is 44.1 Å². The van der Waals surface area contributed by atoms with Crippen LogP contribution in [0.3, 0.4) is 0 Å². The standard InChI is InChI=1S/C20H22O2/c1-16(21)22-20(18-12-6-3-7-13-18)15-9-8-14-19(20)17-10-4-2-5-11-17/h2-7,10-13,19H,8-9,14-15H2,1H3. The molecule has 0 aromatic heterocycles. The molecule has 0 aliphatic heterocycles. The number of carbonyl (C=O) groups is 1. The zero-order chi connectivity index (χ0) is 15.4. The van der Waals surface area contributed by atoms with Gasteiger partial charge in [-0.3, -0.25) is 4.79 Å². The zero-order valence-corrected chi connectivity index (χ0v) is 13.0. The minimum atomic E-state index is -0.535. The third-order valence-corrected chi connectivity index (χ3v) is 4.64. The summed E-state index contributed by atoms with van der Waals surface area (Å²) >= 11 is 0. The van der Waals surface area contributed by atoms with Crippen LogP contribution in [0.1, 0.15) is 49.7 Å². The van der Waals surface area contributed by atoms with E-state index in [9.17, 15) is 4.79 Å². The van der Waals surface area contributed by atoms with E-state index in [2.05, 4.69) is 36.4 Å². The second-order valence-electron chi connectivity index (χ2n) is 6.06. The number of carbonyl (C=O) groups excluding carboxylic acids is 1. The van der Waals surface area contributed by atoms with Crippen molar-refractivity contribution in [2.75, 3.05) is 0 Å². The van der Waals surface area contributed by atoms with Crippen molar-refractivity contribution >= 4 is 5.97 Å². The lowest BCUT2D eigenvalue weighted by atomic mass is 9.68. The maximum atomic E-state index is 11.8. The van der Waals surface area contributed by atoms with Gasteiger partial charge in [0, 0.05) is 12.8 Å². The summed E-state index contributed by atoms with van der Waals surface area (Å²) in [5.74, 6) is 0.0143. The fourth-order valence-corrected chi connectivity index (χ4v) is 3.77. The van der Waals surface area contributed by atoms with Crippen LogP contribution in [0.4, 0.5) is 0 Å². The molecule has 114 valence electrons. The quantitative estimate of drug-likeness (QED) is 0.760. The van der Waals surface area contributed by atoms with Crippen molar-refractivity contribution < 1.29 is 9.53 Å². The number of benzene rings is 2. The largest absolute Gasteiger partial charge is 0.454 e. The molecular weight excluding hydrogens is 272 g/mol. The lowest BCUT2D eigenvalue weighted by Gasteiger charge is -2.44. The minimum Gasteiger partial charge on any atom is -0.454 e. The molecule has 2 atom stereocenters. The molecule has 2 heteroatoms. The topological polar surface area (TPSA) is 26.3 Å². The van der Waals surface area contributed by atoms with Crippen molar-refractivity contribution in [3.63, 3.8) is 0 Å². The lowest BCUT2D eigenvalue weighted by Crippen LogP contribution is -2.40. The first-order valence-electron chi connectivity index (χ1n) is 8.02. The van der Waals surface area contributed by atoms with Crippen molar-refractivity contribution in [3.8, 4) is 0 Å². The van der Waals surface area contributed by atoms with Gasteiger partial charge >= 0.3 is 5.97 Å². The first-order chi connectivity index (χ1) is 10.7. The Balaban J connectivity index is 2.10. The number of ether oxygens (including phenoxy) is 1. The monoisotopic (exact) mass is 294 g/mol. The molecule has 0 N–H and O–H groups in total.